The van der Waals surface area contributed by atoms with Crippen LogP contribution in [-0.2, 0) is 9.59 Å². The number of carboxylic acid groups (broad SMARTS) is 1. The molecule has 0 bridgehead atoms. The van der Waals surface area contributed by atoms with Crippen LogP contribution >= 0.6 is 0 Å². The Hall–Kier alpha value is -1.10. The first-order valence-corrected chi connectivity index (χ1v) is 5.27. The lowest BCUT2D eigenvalue weighted by atomic mass is 10.2. The van der Waals surface area contributed by atoms with Gasteiger partial charge in [0.25, 0.3) is 0 Å². The fourth-order valence-corrected chi connectivity index (χ4v) is 1.68. The van der Waals surface area contributed by atoms with Gasteiger partial charge >= 0.3 is 5.97 Å². The molecule has 1 heterocycles. The summed E-state index contributed by atoms with van der Waals surface area (Å²) in [5.41, 5.74) is 0. The van der Waals surface area contributed by atoms with E-state index < -0.39 is 5.97 Å². The fourth-order valence-electron chi connectivity index (χ4n) is 1.68. The zero-order valence-electron chi connectivity index (χ0n) is 8.69. The number of β-amino-alcohol motifs (C(OH)–C–C–N with tert-alkyl or cyclic N) is 1. The Kier molecular flexibility index (Phi) is 4.55. The molecule has 0 aromatic carbocycles. The first-order valence-electron chi connectivity index (χ1n) is 5.27. The molecule has 1 aliphatic rings. The predicted octanol–water partition coefficient (Wildman–Crippen LogP) is 0.225. The number of aliphatic hydroxyl groups is 1. The van der Waals surface area contributed by atoms with Crippen LogP contribution in [-0.4, -0.2) is 46.2 Å². The number of carboxylic acids is 1. The molecular weight excluding hydrogens is 198 g/mol. The van der Waals surface area contributed by atoms with Gasteiger partial charge in [0.05, 0.1) is 6.10 Å². The molecule has 1 saturated heterocycles. The van der Waals surface area contributed by atoms with E-state index in [4.69, 9.17) is 5.11 Å². The van der Waals surface area contributed by atoms with Crippen LogP contribution in [0.2, 0.25) is 0 Å². The lowest BCUT2D eigenvalue weighted by Crippen LogP contribution is -2.29. The predicted molar refractivity (Wildman–Crippen MR) is 53.3 cm³/mol. The molecule has 1 fully saturated rings. The van der Waals surface area contributed by atoms with Crippen LogP contribution in [0, 0.1) is 0 Å². The largest absolute Gasteiger partial charge is 0.481 e. The molecule has 0 radical (unpaired) electrons. The van der Waals surface area contributed by atoms with Gasteiger partial charge in [0.1, 0.15) is 0 Å². The summed E-state index contributed by atoms with van der Waals surface area (Å²) < 4.78 is 0. The van der Waals surface area contributed by atoms with Crippen molar-refractivity contribution in [2.75, 3.05) is 13.1 Å². The number of carbonyl (C=O) groups is 2. The molecule has 1 atom stereocenters. The summed E-state index contributed by atoms with van der Waals surface area (Å²) in [5.74, 6) is -0.795. The minimum absolute atomic E-state index is 0.0249. The summed E-state index contributed by atoms with van der Waals surface area (Å²) in [6.07, 6.45) is 1.93. The van der Waals surface area contributed by atoms with Gasteiger partial charge in [-0.25, -0.2) is 0 Å². The first-order chi connectivity index (χ1) is 7.09. The van der Waals surface area contributed by atoms with Crippen LogP contribution in [0.4, 0.5) is 0 Å². The normalized spacial score (nSPS) is 20.6. The topological polar surface area (TPSA) is 77.8 Å². The Morgan fingerprint density at radius 3 is 2.47 bits per heavy atom. The van der Waals surface area contributed by atoms with E-state index in [1.807, 2.05) is 0 Å². The molecule has 1 amide bonds. The van der Waals surface area contributed by atoms with Gasteiger partial charge in [-0.1, -0.05) is 0 Å². The van der Waals surface area contributed by atoms with E-state index in [0.29, 0.717) is 38.8 Å². The van der Waals surface area contributed by atoms with Crippen molar-refractivity contribution in [2.45, 2.75) is 38.2 Å². The number of nitrogens with zero attached hydrogens (tertiary/aromatic N) is 1. The average molecular weight is 215 g/mol. The van der Waals surface area contributed by atoms with Crippen LogP contribution in [0.1, 0.15) is 32.1 Å². The van der Waals surface area contributed by atoms with Gasteiger partial charge in [-0.15, -0.1) is 0 Å². The molecule has 5 nitrogen and oxygen atoms in total. The number of unbranched alkanes of at least 4 members (excludes halogenated alkanes) is 1. The maximum absolute atomic E-state index is 11.5. The molecule has 0 unspecified atom stereocenters. The molecule has 5 heteroatoms. The Morgan fingerprint density at radius 1 is 1.27 bits per heavy atom. The summed E-state index contributed by atoms with van der Waals surface area (Å²) in [5, 5.41) is 17.6. The fraction of sp³-hybridized carbons (Fsp3) is 0.800. The first kappa shape index (κ1) is 12.0. The van der Waals surface area contributed by atoms with E-state index in [0.717, 1.165) is 0 Å². The molecule has 0 spiro atoms. The minimum atomic E-state index is -0.820. The molecule has 0 aromatic rings. The third-order valence-electron chi connectivity index (χ3n) is 2.55. The monoisotopic (exact) mass is 215 g/mol. The van der Waals surface area contributed by atoms with E-state index in [1.165, 1.54) is 0 Å². The van der Waals surface area contributed by atoms with Gasteiger partial charge in [-0.2, -0.15) is 0 Å². The van der Waals surface area contributed by atoms with E-state index >= 15 is 0 Å². The van der Waals surface area contributed by atoms with Crippen molar-refractivity contribution in [2.24, 2.45) is 0 Å². The number of aliphatic carboxylic acids is 1. The van der Waals surface area contributed by atoms with Crippen molar-refractivity contribution in [3.8, 4) is 0 Å². The number of aliphatic hydroxyl groups excluding tert-OH is 1. The zero-order valence-corrected chi connectivity index (χ0v) is 8.69. The highest BCUT2D eigenvalue weighted by molar-refractivity contribution is 5.76. The molecule has 86 valence electrons. The standard InChI is InChI=1S/C10H17NO4/c12-8-5-6-11(7-8)9(13)3-1-2-4-10(14)15/h8,12H,1-7H2,(H,14,15)/t8-/m0/s1. The van der Waals surface area contributed by atoms with Crippen molar-refractivity contribution in [3.05, 3.63) is 0 Å². The highest BCUT2D eigenvalue weighted by atomic mass is 16.4. The molecule has 0 saturated carbocycles. The number of likely N-dealkylation sites (tertiary alicyclic amines) is 1. The quantitative estimate of drug-likeness (QED) is 0.643. The number of hydrogen-bond donors (Lipinski definition) is 2. The Labute approximate surface area is 88.7 Å². The Balaban J connectivity index is 2.11. The molecule has 0 aliphatic carbocycles. The van der Waals surface area contributed by atoms with Crippen LogP contribution in [0.3, 0.4) is 0 Å². The van der Waals surface area contributed by atoms with Crippen molar-refractivity contribution < 1.29 is 19.8 Å². The van der Waals surface area contributed by atoms with Gasteiger partial charge in [0.15, 0.2) is 0 Å². The van der Waals surface area contributed by atoms with E-state index in [-0.39, 0.29) is 18.4 Å². The zero-order chi connectivity index (χ0) is 11.3. The second-order valence-corrected chi connectivity index (χ2v) is 3.88. The maximum atomic E-state index is 11.5. The summed E-state index contributed by atoms with van der Waals surface area (Å²) in [7, 11) is 0. The molecule has 1 aliphatic heterocycles. The summed E-state index contributed by atoms with van der Waals surface area (Å²) in [6.45, 7) is 1.05. The molecule has 0 aromatic heterocycles. The SMILES string of the molecule is O=C(O)CCCCC(=O)N1CC[C@H](O)C1. The number of rotatable bonds is 5. The number of amides is 1. The van der Waals surface area contributed by atoms with Gasteiger partial charge < -0.3 is 15.1 Å². The van der Waals surface area contributed by atoms with Gasteiger partial charge in [-0.3, -0.25) is 9.59 Å². The molecule has 2 N–H and O–H groups in total. The second kappa shape index (κ2) is 5.70. The molecule has 15 heavy (non-hydrogen) atoms. The minimum Gasteiger partial charge on any atom is -0.481 e. The number of carbonyl (C=O) groups excluding carboxylic acids is 1. The third kappa shape index (κ3) is 4.29. The summed E-state index contributed by atoms with van der Waals surface area (Å²) >= 11 is 0. The smallest absolute Gasteiger partial charge is 0.303 e. The van der Waals surface area contributed by atoms with Crippen molar-refractivity contribution in [1.29, 1.82) is 0 Å². The Bertz CT molecular complexity index is 242. The van der Waals surface area contributed by atoms with Crippen molar-refractivity contribution in [1.82, 2.24) is 4.90 Å². The molecule has 1 rings (SSSR count). The third-order valence-corrected chi connectivity index (χ3v) is 2.55. The lowest BCUT2D eigenvalue weighted by Gasteiger charge is -2.14. The highest BCUT2D eigenvalue weighted by Gasteiger charge is 2.23. The van der Waals surface area contributed by atoms with E-state index in [1.54, 1.807) is 4.90 Å². The van der Waals surface area contributed by atoms with E-state index in [9.17, 15) is 14.7 Å². The maximum Gasteiger partial charge on any atom is 0.303 e. The van der Waals surface area contributed by atoms with Crippen molar-refractivity contribution in [3.63, 3.8) is 0 Å². The average Bonchev–Trinajstić information content (AvgIpc) is 2.59. The Morgan fingerprint density at radius 2 is 1.93 bits per heavy atom. The van der Waals surface area contributed by atoms with E-state index in [2.05, 4.69) is 0 Å². The molecular formula is C10H17NO4. The van der Waals surface area contributed by atoms with Gasteiger partial charge in [0.2, 0.25) is 5.91 Å². The second-order valence-electron chi connectivity index (χ2n) is 3.88. The van der Waals surface area contributed by atoms with Crippen LogP contribution in [0.25, 0.3) is 0 Å². The van der Waals surface area contributed by atoms with Crippen LogP contribution in [0.15, 0.2) is 0 Å². The van der Waals surface area contributed by atoms with Crippen LogP contribution in [0.5, 0.6) is 0 Å². The van der Waals surface area contributed by atoms with Gasteiger partial charge in [0, 0.05) is 25.9 Å². The van der Waals surface area contributed by atoms with Crippen LogP contribution < -0.4 is 0 Å². The highest BCUT2D eigenvalue weighted by Crippen LogP contribution is 2.11. The number of hydrogen-bond acceptors (Lipinski definition) is 3. The summed E-state index contributed by atoms with van der Waals surface area (Å²) in [4.78, 5) is 23.4. The van der Waals surface area contributed by atoms with Gasteiger partial charge in [-0.05, 0) is 19.3 Å². The van der Waals surface area contributed by atoms with Crippen molar-refractivity contribution >= 4 is 11.9 Å². The lowest BCUT2D eigenvalue weighted by molar-refractivity contribution is -0.137. The summed E-state index contributed by atoms with van der Waals surface area (Å²) in [6, 6.07) is 0.